The van der Waals surface area contributed by atoms with Gasteiger partial charge in [-0.25, -0.2) is 0 Å². The summed E-state index contributed by atoms with van der Waals surface area (Å²) in [6.07, 6.45) is 1.02. The SMILES string of the molecule is NCCN=C1CCC(=NCCN)c2c1c(O)c1c(O)ccc(O)c1c2O. The number of fused-ring (bicyclic) bond motifs is 2. The number of aliphatic imine (C=N–C) groups is 2. The predicted molar refractivity (Wildman–Crippen MR) is 101 cm³/mol. The van der Waals surface area contributed by atoms with E-state index in [0.717, 1.165) is 0 Å². The molecule has 0 spiro atoms. The van der Waals surface area contributed by atoms with Gasteiger partial charge in [0.15, 0.2) is 0 Å². The third-order valence-corrected chi connectivity index (χ3v) is 4.40. The van der Waals surface area contributed by atoms with Crippen LogP contribution in [0.15, 0.2) is 22.1 Å². The number of hydrogen-bond acceptors (Lipinski definition) is 8. The number of nitrogens with zero attached hydrogens (tertiary/aromatic N) is 2. The van der Waals surface area contributed by atoms with Crippen molar-refractivity contribution in [2.45, 2.75) is 12.8 Å². The molecule has 0 amide bonds. The van der Waals surface area contributed by atoms with Gasteiger partial charge < -0.3 is 31.9 Å². The maximum Gasteiger partial charge on any atom is 0.137 e. The van der Waals surface area contributed by atoms with Crippen molar-refractivity contribution < 1.29 is 20.4 Å². The number of rotatable bonds is 4. The van der Waals surface area contributed by atoms with Gasteiger partial charge in [-0.05, 0) is 25.0 Å². The molecule has 0 radical (unpaired) electrons. The fraction of sp³-hybridized carbons (Fsp3) is 0.333. The lowest BCUT2D eigenvalue weighted by Gasteiger charge is -2.24. The predicted octanol–water partition coefficient (Wildman–Crippen LogP) is 0.952. The van der Waals surface area contributed by atoms with Crippen LogP contribution in [0.4, 0.5) is 0 Å². The molecule has 26 heavy (non-hydrogen) atoms. The minimum atomic E-state index is -0.253. The zero-order valence-corrected chi connectivity index (χ0v) is 14.2. The highest BCUT2D eigenvalue weighted by Crippen LogP contribution is 2.49. The maximum atomic E-state index is 10.9. The molecular formula is C18H22N4O4. The highest BCUT2D eigenvalue weighted by Gasteiger charge is 2.31. The molecule has 1 aliphatic carbocycles. The van der Waals surface area contributed by atoms with Crippen LogP contribution >= 0.6 is 0 Å². The summed E-state index contributed by atoms with van der Waals surface area (Å²) >= 11 is 0. The summed E-state index contributed by atoms with van der Waals surface area (Å²) in [6, 6.07) is 2.51. The van der Waals surface area contributed by atoms with Crippen molar-refractivity contribution >= 4 is 22.2 Å². The van der Waals surface area contributed by atoms with Gasteiger partial charge in [0.1, 0.15) is 23.0 Å². The minimum Gasteiger partial charge on any atom is -0.507 e. The van der Waals surface area contributed by atoms with Gasteiger partial charge >= 0.3 is 0 Å². The summed E-state index contributed by atoms with van der Waals surface area (Å²) < 4.78 is 0. The molecule has 2 aromatic carbocycles. The van der Waals surface area contributed by atoms with Crippen LogP contribution in [0.25, 0.3) is 10.8 Å². The molecule has 8 heteroatoms. The van der Waals surface area contributed by atoms with Gasteiger partial charge in [-0.15, -0.1) is 0 Å². The third kappa shape index (κ3) is 2.83. The second-order valence-corrected chi connectivity index (χ2v) is 6.04. The fourth-order valence-electron chi connectivity index (χ4n) is 3.31. The molecule has 2 aromatic rings. The summed E-state index contributed by atoms with van der Waals surface area (Å²) in [5.41, 5.74) is 12.8. The van der Waals surface area contributed by atoms with Gasteiger partial charge in [-0.2, -0.15) is 0 Å². The molecule has 0 bridgehead atoms. The van der Waals surface area contributed by atoms with E-state index in [1.807, 2.05) is 0 Å². The van der Waals surface area contributed by atoms with Crippen molar-refractivity contribution in [2.24, 2.45) is 21.5 Å². The molecule has 0 fully saturated rings. The van der Waals surface area contributed by atoms with Crippen LogP contribution in [-0.2, 0) is 0 Å². The largest absolute Gasteiger partial charge is 0.507 e. The van der Waals surface area contributed by atoms with Gasteiger partial charge in [-0.1, -0.05) is 0 Å². The average Bonchev–Trinajstić information content (AvgIpc) is 2.64. The lowest BCUT2D eigenvalue weighted by molar-refractivity contribution is 0.445. The maximum absolute atomic E-state index is 10.9. The summed E-state index contributed by atoms with van der Waals surface area (Å²) in [5, 5.41) is 42.0. The number of phenols is 4. The van der Waals surface area contributed by atoms with E-state index in [4.69, 9.17) is 11.5 Å². The second kappa shape index (κ2) is 7.19. The normalized spacial score (nSPS) is 17.2. The van der Waals surface area contributed by atoms with E-state index in [2.05, 4.69) is 9.98 Å². The van der Waals surface area contributed by atoms with Crippen molar-refractivity contribution in [3.8, 4) is 23.0 Å². The lowest BCUT2D eigenvalue weighted by atomic mass is 9.84. The number of benzene rings is 2. The first-order chi connectivity index (χ1) is 12.5. The van der Waals surface area contributed by atoms with E-state index in [1.54, 1.807) is 0 Å². The smallest absolute Gasteiger partial charge is 0.137 e. The van der Waals surface area contributed by atoms with Gasteiger partial charge in [0, 0.05) is 24.5 Å². The van der Waals surface area contributed by atoms with Crippen LogP contribution in [0.1, 0.15) is 24.0 Å². The monoisotopic (exact) mass is 358 g/mol. The van der Waals surface area contributed by atoms with Crippen molar-refractivity contribution in [3.63, 3.8) is 0 Å². The van der Waals surface area contributed by atoms with E-state index < -0.39 is 0 Å². The van der Waals surface area contributed by atoms with E-state index in [-0.39, 0.29) is 33.8 Å². The van der Waals surface area contributed by atoms with Crippen molar-refractivity contribution in [2.75, 3.05) is 26.2 Å². The number of phenolic OH excluding ortho intramolecular Hbond substituents is 4. The molecule has 0 aromatic heterocycles. The number of aromatic hydroxyl groups is 4. The molecule has 0 saturated heterocycles. The topological polar surface area (TPSA) is 158 Å². The summed E-state index contributed by atoms with van der Waals surface area (Å²) in [5.74, 6) is -1.01. The van der Waals surface area contributed by atoms with E-state index >= 15 is 0 Å². The Labute approximate surface area is 150 Å². The van der Waals surface area contributed by atoms with Crippen LogP contribution in [0.2, 0.25) is 0 Å². The first-order valence-corrected chi connectivity index (χ1v) is 8.41. The van der Waals surface area contributed by atoms with Crippen molar-refractivity contribution in [1.29, 1.82) is 0 Å². The molecule has 0 atom stereocenters. The standard InChI is InChI=1S/C18H22N4O4/c19-5-7-21-9-1-2-10(22-8-6-20)14-13(9)17(25)15-11(23)3-4-12(24)16(15)18(14)26/h3-4,23-26H,1-2,5-8,19-20H2. The first kappa shape index (κ1) is 18.0. The van der Waals surface area contributed by atoms with E-state index in [1.165, 1.54) is 12.1 Å². The Bertz CT molecular complexity index is 847. The molecule has 0 unspecified atom stereocenters. The third-order valence-electron chi connectivity index (χ3n) is 4.40. The molecule has 0 heterocycles. The highest BCUT2D eigenvalue weighted by atomic mass is 16.3. The molecule has 8 N–H and O–H groups in total. The zero-order valence-electron chi connectivity index (χ0n) is 14.2. The Balaban J connectivity index is 2.42. The van der Waals surface area contributed by atoms with Crippen LogP contribution in [-0.4, -0.2) is 58.0 Å². The minimum absolute atomic E-state index is 0.0261. The van der Waals surface area contributed by atoms with Crippen molar-refractivity contribution in [3.05, 3.63) is 23.3 Å². The molecular weight excluding hydrogens is 336 g/mol. The van der Waals surface area contributed by atoms with Crippen LogP contribution in [0.5, 0.6) is 23.0 Å². The summed E-state index contributed by atoms with van der Waals surface area (Å²) in [6.45, 7) is 1.43. The summed E-state index contributed by atoms with van der Waals surface area (Å²) in [7, 11) is 0. The van der Waals surface area contributed by atoms with Crippen LogP contribution in [0.3, 0.4) is 0 Å². The Morgan fingerprint density at radius 2 is 1.12 bits per heavy atom. The Hall–Kier alpha value is -2.84. The van der Waals surface area contributed by atoms with Gasteiger partial charge in [0.2, 0.25) is 0 Å². The average molecular weight is 358 g/mol. The molecule has 8 nitrogen and oxygen atoms in total. The molecule has 0 saturated carbocycles. The van der Waals surface area contributed by atoms with Gasteiger partial charge in [-0.3, -0.25) is 9.98 Å². The summed E-state index contributed by atoms with van der Waals surface area (Å²) in [4.78, 5) is 8.83. The quantitative estimate of drug-likeness (QED) is 0.447. The Morgan fingerprint density at radius 3 is 1.46 bits per heavy atom. The van der Waals surface area contributed by atoms with Gasteiger partial charge in [0.25, 0.3) is 0 Å². The highest BCUT2D eigenvalue weighted by molar-refractivity contribution is 6.25. The number of hydrogen-bond donors (Lipinski definition) is 6. The lowest BCUT2D eigenvalue weighted by Crippen LogP contribution is -2.21. The number of nitrogens with two attached hydrogens (primary N) is 2. The van der Waals surface area contributed by atoms with Crippen LogP contribution < -0.4 is 11.5 Å². The van der Waals surface area contributed by atoms with Gasteiger partial charge in [0.05, 0.1) is 35.0 Å². The zero-order chi connectivity index (χ0) is 18.8. The Morgan fingerprint density at radius 1 is 0.731 bits per heavy atom. The molecule has 3 rings (SSSR count). The van der Waals surface area contributed by atoms with E-state index in [0.29, 0.717) is 61.6 Å². The molecule has 0 aliphatic heterocycles. The molecule has 1 aliphatic rings. The van der Waals surface area contributed by atoms with Crippen LogP contribution in [0, 0.1) is 0 Å². The molecule has 138 valence electrons. The van der Waals surface area contributed by atoms with Crippen molar-refractivity contribution in [1.82, 2.24) is 0 Å². The Kier molecular flexibility index (Phi) is 4.97. The second-order valence-electron chi connectivity index (χ2n) is 6.04. The van der Waals surface area contributed by atoms with E-state index in [9.17, 15) is 20.4 Å². The first-order valence-electron chi connectivity index (χ1n) is 8.41. The fourth-order valence-corrected chi connectivity index (χ4v) is 3.31.